The maximum Gasteiger partial charge on any atom is 0.340 e. The van der Waals surface area contributed by atoms with E-state index in [0.29, 0.717) is 10.2 Å². The lowest BCUT2D eigenvalue weighted by Gasteiger charge is -2.19. The standard InChI is InChI=1S/C12H13BrN2O2/c1-12(2,3)17-11(16)8-5-4-6-15-7-14-10(13)9(8)15/h4-7H,1-3H3. The number of nitrogens with zero attached hydrogens (tertiary/aromatic N) is 2. The molecule has 0 unspecified atom stereocenters. The number of ether oxygens (including phenoxy) is 1. The van der Waals surface area contributed by atoms with Gasteiger partial charge in [-0.25, -0.2) is 9.78 Å². The molecule has 17 heavy (non-hydrogen) atoms. The molecule has 0 aliphatic carbocycles. The molecule has 2 heterocycles. The smallest absolute Gasteiger partial charge is 0.340 e. The zero-order valence-electron chi connectivity index (χ0n) is 9.90. The Morgan fingerprint density at radius 2 is 2.18 bits per heavy atom. The minimum Gasteiger partial charge on any atom is -0.456 e. The summed E-state index contributed by atoms with van der Waals surface area (Å²) in [7, 11) is 0. The molecule has 0 bridgehead atoms. The van der Waals surface area contributed by atoms with Crippen LogP contribution in [0.25, 0.3) is 5.52 Å². The second-order valence-corrected chi connectivity index (χ2v) is 5.47. The van der Waals surface area contributed by atoms with E-state index in [1.807, 2.05) is 27.0 Å². The fraction of sp³-hybridized carbons (Fsp3) is 0.333. The molecule has 0 aliphatic heterocycles. The summed E-state index contributed by atoms with van der Waals surface area (Å²) >= 11 is 3.33. The Hall–Kier alpha value is -1.36. The molecule has 0 fully saturated rings. The molecule has 2 aromatic heterocycles. The first kappa shape index (κ1) is 12.1. The van der Waals surface area contributed by atoms with E-state index >= 15 is 0 Å². The highest BCUT2D eigenvalue weighted by Gasteiger charge is 2.21. The molecule has 0 atom stereocenters. The minimum absolute atomic E-state index is 0.343. The third-order valence-corrected chi connectivity index (χ3v) is 2.71. The number of hydrogen-bond donors (Lipinski definition) is 0. The van der Waals surface area contributed by atoms with E-state index in [0.717, 1.165) is 5.52 Å². The fourth-order valence-corrected chi connectivity index (χ4v) is 2.02. The van der Waals surface area contributed by atoms with Crippen LogP contribution in [-0.2, 0) is 4.74 Å². The largest absolute Gasteiger partial charge is 0.456 e. The Morgan fingerprint density at radius 3 is 2.82 bits per heavy atom. The van der Waals surface area contributed by atoms with Crippen molar-refractivity contribution in [2.24, 2.45) is 0 Å². The van der Waals surface area contributed by atoms with Gasteiger partial charge in [0.15, 0.2) is 0 Å². The number of hydrogen-bond acceptors (Lipinski definition) is 3. The number of esters is 1. The lowest BCUT2D eigenvalue weighted by Crippen LogP contribution is -2.24. The molecule has 0 amide bonds. The van der Waals surface area contributed by atoms with Crippen molar-refractivity contribution in [2.75, 3.05) is 0 Å². The summed E-state index contributed by atoms with van der Waals surface area (Å²) in [5.74, 6) is -0.343. The molecule has 0 N–H and O–H groups in total. The molecule has 0 saturated carbocycles. The first-order valence-corrected chi connectivity index (χ1v) is 6.02. The predicted octanol–water partition coefficient (Wildman–Crippen LogP) is 3.05. The van der Waals surface area contributed by atoms with Crippen LogP contribution in [0.15, 0.2) is 29.3 Å². The van der Waals surface area contributed by atoms with E-state index in [2.05, 4.69) is 20.9 Å². The average Bonchev–Trinajstić information content (AvgIpc) is 2.58. The third-order valence-electron chi connectivity index (χ3n) is 2.13. The first-order chi connectivity index (χ1) is 7.88. The van der Waals surface area contributed by atoms with Gasteiger partial charge in [-0.05, 0) is 48.8 Å². The lowest BCUT2D eigenvalue weighted by atomic mass is 10.2. The highest BCUT2D eigenvalue weighted by molar-refractivity contribution is 9.10. The van der Waals surface area contributed by atoms with Crippen LogP contribution in [0.5, 0.6) is 0 Å². The quantitative estimate of drug-likeness (QED) is 0.760. The van der Waals surface area contributed by atoms with Gasteiger partial charge in [0.1, 0.15) is 16.5 Å². The van der Waals surface area contributed by atoms with Gasteiger partial charge < -0.3 is 9.14 Å². The van der Waals surface area contributed by atoms with Gasteiger partial charge in [-0.3, -0.25) is 0 Å². The van der Waals surface area contributed by atoms with E-state index < -0.39 is 5.60 Å². The van der Waals surface area contributed by atoms with Crippen LogP contribution >= 0.6 is 15.9 Å². The summed E-state index contributed by atoms with van der Waals surface area (Å²) in [5, 5.41) is 0. The van der Waals surface area contributed by atoms with E-state index in [4.69, 9.17) is 4.74 Å². The van der Waals surface area contributed by atoms with Crippen molar-refractivity contribution >= 4 is 27.4 Å². The number of fused-ring (bicyclic) bond motifs is 1. The number of halogens is 1. The lowest BCUT2D eigenvalue weighted by molar-refractivity contribution is 0.00714. The molecule has 0 spiro atoms. The van der Waals surface area contributed by atoms with Crippen LogP contribution in [0.3, 0.4) is 0 Å². The van der Waals surface area contributed by atoms with Gasteiger partial charge in [-0.15, -0.1) is 0 Å². The number of rotatable bonds is 1. The van der Waals surface area contributed by atoms with Gasteiger partial charge in [-0.1, -0.05) is 0 Å². The zero-order chi connectivity index (χ0) is 12.6. The van der Waals surface area contributed by atoms with E-state index in [1.165, 1.54) is 0 Å². The topological polar surface area (TPSA) is 43.6 Å². The summed E-state index contributed by atoms with van der Waals surface area (Å²) in [4.78, 5) is 16.1. The van der Waals surface area contributed by atoms with Crippen molar-refractivity contribution in [1.29, 1.82) is 0 Å². The maximum absolute atomic E-state index is 12.0. The van der Waals surface area contributed by atoms with Crippen LogP contribution in [0, 0.1) is 0 Å². The highest BCUT2D eigenvalue weighted by atomic mass is 79.9. The maximum atomic E-state index is 12.0. The number of pyridine rings is 1. The van der Waals surface area contributed by atoms with E-state index in [1.54, 1.807) is 22.9 Å². The Morgan fingerprint density at radius 1 is 1.47 bits per heavy atom. The average molecular weight is 297 g/mol. The van der Waals surface area contributed by atoms with Gasteiger partial charge in [0.2, 0.25) is 0 Å². The van der Waals surface area contributed by atoms with Crippen molar-refractivity contribution < 1.29 is 9.53 Å². The van der Waals surface area contributed by atoms with Crippen LogP contribution in [0.2, 0.25) is 0 Å². The number of carbonyl (C=O) groups is 1. The van der Waals surface area contributed by atoms with Crippen molar-refractivity contribution in [3.8, 4) is 0 Å². The minimum atomic E-state index is -0.504. The van der Waals surface area contributed by atoms with Crippen LogP contribution in [-0.4, -0.2) is 21.0 Å². The molecular weight excluding hydrogens is 284 g/mol. The molecular formula is C12H13BrN2O2. The van der Waals surface area contributed by atoms with Gasteiger partial charge >= 0.3 is 5.97 Å². The summed E-state index contributed by atoms with van der Waals surface area (Å²) in [5.41, 5.74) is 0.727. The van der Waals surface area contributed by atoms with E-state index in [9.17, 15) is 4.79 Å². The number of imidazole rings is 1. The molecule has 0 aliphatic rings. The van der Waals surface area contributed by atoms with Gasteiger partial charge in [-0.2, -0.15) is 0 Å². The molecule has 2 aromatic rings. The van der Waals surface area contributed by atoms with Crippen LogP contribution in [0.4, 0.5) is 0 Å². The molecule has 90 valence electrons. The molecule has 0 saturated heterocycles. The third kappa shape index (κ3) is 2.49. The number of aromatic nitrogens is 2. The number of carbonyl (C=O) groups excluding carboxylic acids is 1. The summed E-state index contributed by atoms with van der Waals surface area (Å²) in [6.45, 7) is 5.53. The van der Waals surface area contributed by atoms with Crippen molar-refractivity contribution in [3.63, 3.8) is 0 Å². The van der Waals surface area contributed by atoms with Crippen LogP contribution < -0.4 is 0 Å². The summed E-state index contributed by atoms with van der Waals surface area (Å²) in [6, 6.07) is 3.52. The second-order valence-electron chi connectivity index (χ2n) is 4.72. The molecule has 0 aromatic carbocycles. The Balaban J connectivity index is 2.48. The van der Waals surface area contributed by atoms with Crippen molar-refractivity contribution in [3.05, 3.63) is 34.8 Å². The van der Waals surface area contributed by atoms with Gasteiger partial charge in [0.05, 0.1) is 11.1 Å². The Kier molecular flexibility index (Phi) is 2.95. The molecule has 2 rings (SSSR count). The Bertz CT molecular complexity index is 569. The van der Waals surface area contributed by atoms with Crippen molar-refractivity contribution in [1.82, 2.24) is 9.38 Å². The van der Waals surface area contributed by atoms with Gasteiger partial charge in [0, 0.05) is 6.20 Å². The zero-order valence-corrected chi connectivity index (χ0v) is 11.5. The first-order valence-electron chi connectivity index (χ1n) is 5.23. The molecule has 4 nitrogen and oxygen atoms in total. The highest BCUT2D eigenvalue weighted by Crippen LogP contribution is 2.22. The normalized spacial score (nSPS) is 11.8. The monoisotopic (exact) mass is 296 g/mol. The van der Waals surface area contributed by atoms with Crippen molar-refractivity contribution in [2.45, 2.75) is 26.4 Å². The summed E-state index contributed by atoms with van der Waals surface area (Å²) < 4.78 is 7.77. The van der Waals surface area contributed by atoms with Gasteiger partial charge in [0.25, 0.3) is 0 Å². The fourth-order valence-electron chi connectivity index (χ4n) is 1.51. The predicted molar refractivity (Wildman–Crippen MR) is 68.1 cm³/mol. The van der Waals surface area contributed by atoms with Crippen LogP contribution in [0.1, 0.15) is 31.1 Å². The molecule has 0 radical (unpaired) electrons. The second kappa shape index (κ2) is 4.14. The molecule has 5 heteroatoms. The van der Waals surface area contributed by atoms with E-state index in [-0.39, 0.29) is 5.97 Å². The SMILES string of the molecule is CC(C)(C)OC(=O)c1cccn2cnc(Br)c12. The summed E-state index contributed by atoms with van der Waals surface area (Å²) in [6.07, 6.45) is 3.48. The Labute approximate surface area is 108 Å².